The highest BCUT2D eigenvalue weighted by Gasteiger charge is 2.00. The van der Waals surface area contributed by atoms with Gasteiger partial charge in [-0.05, 0) is 30.3 Å². The molecule has 1 heterocycles. The third-order valence-corrected chi connectivity index (χ3v) is 3.53. The Labute approximate surface area is 113 Å². The standard InChI is InChI=1S/C12H9Cl2NOS/c1-16-11-4-2-8(6-10(11)13)15-7-9-3-5-12(14)17-9/h2-7H,1H3. The van der Waals surface area contributed by atoms with Crippen molar-refractivity contribution in [1.82, 2.24) is 0 Å². The normalized spacial score (nSPS) is 11.0. The third kappa shape index (κ3) is 3.22. The highest BCUT2D eigenvalue weighted by atomic mass is 35.5. The molecule has 0 unspecified atom stereocenters. The van der Waals surface area contributed by atoms with Crippen LogP contribution in [0.4, 0.5) is 5.69 Å². The molecule has 1 aromatic carbocycles. The van der Waals surface area contributed by atoms with Gasteiger partial charge in [-0.15, -0.1) is 11.3 Å². The van der Waals surface area contributed by atoms with Gasteiger partial charge in [0.05, 0.1) is 22.2 Å². The van der Waals surface area contributed by atoms with Crippen LogP contribution in [0.5, 0.6) is 5.75 Å². The maximum absolute atomic E-state index is 6.00. The van der Waals surface area contributed by atoms with Gasteiger partial charge >= 0.3 is 0 Å². The summed E-state index contributed by atoms with van der Waals surface area (Å²) in [6, 6.07) is 9.15. The van der Waals surface area contributed by atoms with Gasteiger partial charge in [-0.3, -0.25) is 4.99 Å². The van der Waals surface area contributed by atoms with Crippen LogP contribution in [0.1, 0.15) is 4.88 Å². The van der Waals surface area contributed by atoms with E-state index in [0.29, 0.717) is 10.8 Å². The first-order valence-corrected chi connectivity index (χ1v) is 6.39. The molecule has 0 radical (unpaired) electrons. The monoisotopic (exact) mass is 285 g/mol. The molecule has 17 heavy (non-hydrogen) atoms. The lowest BCUT2D eigenvalue weighted by molar-refractivity contribution is 0.415. The van der Waals surface area contributed by atoms with E-state index in [1.54, 1.807) is 25.5 Å². The number of benzene rings is 1. The number of ether oxygens (including phenoxy) is 1. The van der Waals surface area contributed by atoms with Crippen molar-refractivity contribution in [1.29, 1.82) is 0 Å². The molecule has 0 saturated carbocycles. The Balaban J connectivity index is 2.19. The minimum atomic E-state index is 0.548. The number of thiophene rings is 1. The van der Waals surface area contributed by atoms with Crippen molar-refractivity contribution in [3.05, 3.63) is 44.6 Å². The van der Waals surface area contributed by atoms with Crippen LogP contribution < -0.4 is 4.74 Å². The summed E-state index contributed by atoms with van der Waals surface area (Å²) in [7, 11) is 1.58. The fourth-order valence-electron chi connectivity index (χ4n) is 1.27. The second kappa shape index (κ2) is 5.54. The molecule has 2 nitrogen and oxygen atoms in total. The Morgan fingerprint density at radius 2 is 2.06 bits per heavy atom. The van der Waals surface area contributed by atoms with Crippen molar-refractivity contribution in [2.24, 2.45) is 4.99 Å². The largest absolute Gasteiger partial charge is 0.495 e. The molecule has 0 aliphatic heterocycles. The van der Waals surface area contributed by atoms with Crippen molar-refractivity contribution in [3.63, 3.8) is 0 Å². The second-order valence-corrected chi connectivity index (χ2v) is 5.37. The first-order valence-electron chi connectivity index (χ1n) is 4.82. The SMILES string of the molecule is COc1ccc(N=Cc2ccc(Cl)s2)cc1Cl. The predicted octanol–water partition coefficient (Wildman–Crippen LogP) is 4.81. The molecule has 0 N–H and O–H groups in total. The average molecular weight is 286 g/mol. The molecule has 0 aliphatic carbocycles. The molecule has 2 aromatic rings. The van der Waals surface area contributed by atoms with Crippen molar-refractivity contribution in [3.8, 4) is 5.75 Å². The van der Waals surface area contributed by atoms with E-state index < -0.39 is 0 Å². The number of rotatable bonds is 3. The van der Waals surface area contributed by atoms with E-state index in [1.165, 1.54) is 11.3 Å². The maximum atomic E-state index is 6.00. The van der Waals surface area contributed by atoms with Crippen LogP contribution in [0.2, 0.25) is 9.36 Å². The van der Waals surface area contributed by atoms with Gasteiger partial charge in [0.25, 0.3) is 0 Å². The summed E-state index contributed by atoms with van der Waals surface area (Å²) in [5, 5.41) is 0.548. The Kier molecular flexibility index (Phi) is 4.05. The molecule has 2 rings (SSSR count). The summed E-state index contributed by atoms with van der Waals surface area (Å²) in [6.45, 7) is 0. The highest BCUT2D eigenvalue weighted by Crippen LogP contribution is 2.28. The van der Waals surface area contributed by atoms with Crippen molar-refractivity contribution in [2.75, 3.05) is 7.11 Å². The van der Waals surface area contributed by atoms with Crippen LogP contribution >= 0.6 is 34.5 Å². The summed E-state index contributed by atoms with van der Waals surface area (Å²) < 4.78 is 5.82. The first kappa shape index (κ1) is 12.4. The van der Waals surface area contributed by atoms with E-state index in [-0.39, 0.29) is 0 Å². The molecule has 5 heteroatoms. The summed E-state index contributed by atoms with van der Waals surface area (Å²) in [5.41, 5.74) is 0.778. The fourth-order valence-corrected chi connectivity index (χ4v) is 2.46. The zero-order valence-corrected chi connectivity index (χ0v) is 11.3. The first-order chi connectivity index (χ1) is 8.19. The smallest absolute Gasteiger partial charge is 0.137 e. The van der Waals surface area contributed by atoms with E-state index in [0.717, 1.165) is 14.9 Å². The summed E-state index contributed by atoms with van der Waals surface area (Å²) in [5.74, 6) is 0.643. The van der Waals surface area contributed by atoms with Gasteiger partial charge in [0.15, 0.2) is 0 Å². The van der Waals surface area contributed by atoms with Gasteiger partial charge in [0.2, 0.25) is 0 Å². The molecule has 0 fully saturated rings. The van der Waals surface area contributed by atoms with E-state index in [1.807, 2.05) is 18.2 Å². The fraction of sp³-hybridized carbons (Fsp3) is 0.0833. The molecule has 0 atom stereocenters. The van der Waals surface area contributed by atoms with Crippen LogP contribution in [-0.2, 0) is 0 Å². The van der Waals surface area contributed by atoms with Crippen molar-refractivity contribution in [2.45, 2.75) is 0 Å². The quantitative estimate of drug-likeness (QED) is 0.742. The van der Waals surface area contributed by atoms with Gasteiger partial charge < -0.3 is 4.74 Å². The topological polar surface area (TPSA) is 21.6 Å². The lowest BCUT2D eigenvalue weighted by Crippen LogP contribution is -1.82. The highest BCUT2D eigenvalue weighted by molar-refractivity contribution is 7.17. The van der Waals surface area contributed by atoms with E-state index >= 15 is 0 Å². The number of halogens is 2. The molecule has 0 amide bonds. The maximum Gasteiger partial charge on any atom is 0.137 e. The molecule has 0 aliphatic rings. The lowest BCUT2D eigenvalue weighted by Gasteiger charge is -2.02. The van der Waals surface area contributed by atoms with Gasteiger partial charge in [0, 0.05) is 11.1 Å². The van der Waals surface area contributed by atoms with Crippen LogP contribution in [0.25, 0.3) is 0 Å². The minimum absolute atomic E-state index is 0.548. The molecule has 0 saturated heterocycles. The van der Waals surface area contributed by atoms with E-state index in [4.69, 9.17) is 27.9 Å². The molecule has 0 spiro atoms. The predicted molar refractivity (Wildman–Crippen MR) is 74.6 cm³/mol. The van der Waals surface area contributed by atoms with Gasteiger partial charge in [0.1, 0.15) is 5.75 Å². The number of methoxy groups -OCH3 is 1. The van der Waals surface area contributed by atoms with Crippen LogP contribution in [0.3, 0.4) is 0 Å². The van der Waals surface area contributed by atoms with Crippen LogP contribution in [0.15, 0.2) is 35.3 Å². The van der Waals surface area contributed by atoms with Crippen LogP contribution in [0, 0.1) is 0 Å². The van der Waals surface area contributed by atoms with E-state index in [2.05, 4.69) is 4.99 Å². The lowest BCUT2D eigenvalue weighted by atomic mass is 10.3. The Morgan fingerprint density at radius 3 is 2.65 bits per heavy atom. The van der Waals surface area contributed by atoms with Gasteiger partial charge in [-0.25, -0.2) is 0 Å². The third-order valence-electron chi connectivity index (χ3n) is 2.07. The molecule has 1 aromatic heterocycles. The van der Waals surface area contributed by atoms with Gasteiger partial charge in [-0.2, -0.15) is 0 Å². The summed E-state index contributed by atoms with van der Waals surface area (Å²) in [6.07, 6.45) is 1.76. The van der Waals surface area contributed by atoms with E-state index in [9.17, 15) is 0 Å². The number of aliphatic imine (C=N–C) groups is 1. The van der Waals surface area contributed by atoms with Crippen LogP contribution in [-0.4, -0.2) is 13.3 Å². The minimum Gasteiger partial charge on any atom is -0.495 e. The number of hydrogen-bond donors (Lipinski definition) is 0. The number of hydrogen-bond acceptors (Lipinski definition) is 3. The summed E-state index contributed by atoms with van der Waals surface area (Å²) in [4.78, 5) is 5.31. The molecular weight excluding hydrogens is 277 g/mol. The zero-order valence-electron chi connectivity index (χ0n) is 8.98. The Bertz CT molecular complexity index is 551. The summed E-state index contributed by atoms with van der Waals surface area (Å²) >= 11 is 13.3. The molecular formula is C12H9Cl2NOS. The molecule has 88 valence electrons. The zero-order chi connectivity index (χ0) is 12.3. The molecule has 0 bridgehead atoms. The Hall–Kier alpha value is -1.03. The average Bonchev–Trinajstić information content (AvgIpc) is 2.73. The van der Waals surface area contributed by atoms with Gasteiger partial charge in [-0.1, -0.05) is 23.2 Å². The van der Waals surface area contributed by atoms with Crippen molar-refractivity contribution < 1.29 is 4.74 Å². The Morgan fingerprint density at radius 1 is 1.24 bits per heavy atom. The second-order valence-electron chi connectivity index (χ2n) is 3.22. The van der Waals surface area contributed by atoms with Crippen molar-refractivity contribution >= 4 is 46.4 Å². The number of nitrogens with zero attached hydrogens (tertiary/aromatic N) is 1.